The summed E-state index contributed by atoms with van der Waals surface area (Å²) in [6.45, 7) is 5.94. The van der Waals surface area contributed by atoms with Crippen LogP contribution in [0.4, 0.5) is 0 Å². The lowest BCUT2D eigenvalue weighted by Gasteiger charge is -2.32. The monoisotopic (exact) mass is 395 g/mol. The maximum absolute atomic E-state index is 12.7. The molecule has 2 rings (SSSR count). The topological polar surface area (TPSA) is 107 Å². The summed E-state index contributed by atoms with van der Waals surface area (Å²) in [5.41, 5.74) is 0.980. The zero-order chi connectivity index (χ0) is 20.2. The van der Waals surface area contributed by atoms with Crippen molar-refractivity contribution < 1.29 is 23.1 Å². The number of carbonyl (C=O) groups is 2. The molecule has 150 valence electrons. The predicted molar refractivity (Wildman–Crippen MR) is 99.1 cm³/mol. The van der Waals surface area contributed by atoms with Gasteiger partial charge in [0.1, 0.15) is 0 Å². The first-order valence-electron chi connectivity index (χ1n) is 9.24. The van der Waals surface area contributed by atoms with Gasteiger partial charge in [-0.15, -0.1) is 0 Å². The summed E-state index contributed by atoms with van der Waals surface area (Å²) in [5, 5.41) is 13.8. The fourth-order valence-corrected chi connectivity index (χ4v) is 4.63. The Labute approximate surface area is 160 Å². The molecule has 0 spiro atoms. The van der Waals surface area contributed by atoms with E-state index in [-0.39, 0.29) is 29.8 Å². The number of amides is 1. The number of aliphatic carboxylic acids is 1. The molecule has 2 atom stereocenters. The van der Waals surface area contributed by atoms with Gasteiger partial charge in [0.25, 0.3) is 0 Å². The number of aryl methyl sites for hydroxylation is 1. The summed E-state index contributed by atoms with van der Waals surface area (Å²) in [6, 6.07) is 5.64. The average molecular weight is 396 g/mol. The van der Waals surface area contributed by atoms with Crippen molar-refractivity contribution in [1.29, 1.82) is 0 Å². The highest BCUT2D eigenvalue weighted by atomic mass is 32.2. The van der Waals surface area contributed by atoms with Crippen LogP contribution in [-0.2, 0) is 19.6 Å². The molecule has 0 radical (unpaired) electrons. The fraction of sp³-hybridized carbons (Fsp3) is 0.579. The van der Waals surface area contributed by atoms with E-state index < -0.39 is 28.0 Å². The second kappa shape index (κ2) is 8.84. The molecule has 1 fully saturated rings. The Hall–Kier alpha value is -1.93. The first-order chi connectivity index (χ1) is 12.7. The predicted octanol–water partition coefficient (Wildman–Crippen LogP) is 0.677. The summed E-state index contributed by atoms with van der Waals surface area (Å²) in [7, 11) is -3.58. The van der Waals surface area contributed by atoms with Gasteiger partial charge in [-0.25, -0.2) is 8.42 Å². The molecular weight excluding hydrogens is 368 g/mol. The van der Waals surface area contributed by atoms with Crippen LogP contribution in [-0.4, -0.2) is 43.7 Å². The normalized spacial score (nSPS) is 18.6. The van der Waals surface area contributed by atoms with Gasteiger partial charge in [0.2, 0.25) is 15.9 Å². The minimum atomic E-state index is -3.58. The summed E-state index contributed by atoms with van der Waals surface area (Å²) < 4.78 is 26.8. The minimum Gasteiger partial charge on any atom is -0.548 e. The minimum absolute atomic E-state index is 0.230. The fourth-order valence-electron chi connectivity index (χ4n) is 3.16. The summed E-state index contributed by atoms with van der Waals surface area (Å²) >= 11 is 0. The molecule has 1 N–H and O–H groups in total. The Bertz CT molecular complexity index is 768. The van der Waals surface area contributed by atoms with E-state index in [9.17, 15) is 23.1 Å². The van der Waals surface area contributed by atoms with E-state index >= 15 is 0 Å². The Morgan fingerprint density at radius 3 is 2.26 bits per heavy atom. The number of carboxylic acids is 1. The molecule has 1 aromatic carbocycles. The third kappa shape index (κ3) is 5.07. The number of benzene rings is 1. The number of rotatable bonds is 7. The van der Waals surface area contributed by atoms with Crippen LogP contribution in [0.1, 0.15) is 38.7 Å². The second-order valence-corrected chi connectivity index (χ2v) is 9.12. The van der Waals surface area contributed by atoms with Crippen molar-refractivity contribution in [3.05, 3.63) is 29.8 Å². The van der Waals surface area contributed by atoms with Gasteiger partial charge in [-0.2, -0.15) is 4.31 Å². The summed E-state index contributed by atoms with van der Waals surface area (Å²) in [5.74, 6) is -2.28. The molecule has 7 nitrogen and oxygen atoms in total. The van der Waals surface area contributed by atoms with Gasteiger partial charge in [0.15, 0.2) is 0 Å². The number of carboxylic acid groups (broad SMARTS) is 1. The lowest BCUT2D eigenvalue weighted by molar-refractivity contribution is -0.309. The number of nitrogens with one attached hydrogen (secondary N) is 1. The quantitative estimate of drug-likeness (QED) is 0.730. The van der Waals surface area contributed by atoms with Gasteiger partial charge >= 0.3 is 0 Å². The van der Waals surface area contributed by atoms with E-state index in [4.69, 9.17) is 0 Å². The highest BCUT2D eigenvalue weighted by Gasteiger charge is 2.33. The van der Waals surface area contributed by atoms with Crippen LogP contribution in [0, 0.1) is 18.8 Å². The SMILES string of the molecule is CC[C@@H](C)[C@H](NC(=O)C1CCN(S(=O)(=O)c2ccc(C)cc2)CC1)C(=O)[O-]. The number of hydrogen-bond acceptors (Lipinski definition) is 5. The molecule has 1 aliphatic rings. The van der Waals surface area contributed by atoms with E-state index in [1.54, 1.807) is 31.2 Å². The molecule has 0 aromatic heterocycles. The van der Waals surface area contributed by atoms with Gasteiger partial charge in [0, 0.05) is 19.0 Å². The molecule has 1 aromatic rings. The molecule has 0 bridgehead atoms. The standard InChI is InChI=1S/C19H28N2O5S/c1-4-14(3)17(19(23)24)20-18(22)15-9-11-21(12-10-15)27(25,26)16-7-5-13(2)6-8-16/h5-8,14-15,17H,4,9-12H2,1-3H3,(H,20,22)(H,23,24)/p-1/t14-,17+/m1/s1. The molecule has 0 unspecified atom stereocenters. The van der Waals surface area contributed by atoms with Gasteiger partial charge in [-0.05, 0) is 37.8 Å². The molecule has 1 saturated heterocycles. The summed E-state index contributed by atoms with van der Waals surface area (Å²) in [6.07, 6.45) is 1.32. The molecule has 1 heterocycles. The van der Waals surface area contributed by atoms with Crippen molar-refractivity contribution in [1.82, 2.24) is 9.62 Å². The lowest BCUT2D eigenvalue weighted by Crippen LogP contribution is -2.53. The average Bonchev–Trinajstić information content (AvgIpc) is 2.65. The summed E-state index contributed by atoms with van der Waals surface area (Å²) in [4.78, 5) is 23.9. The number of nitrogens with zero attached hydrogens (tertiary/aromatic N) is 1. The van der Waals surface area contributed by atoms with Crippen LogP contribution in [0.3, 0.4) is 0 Å². The van der Waals surface area contributed by atoms with E-state index in [1.165, 1.54) is 4.31 Å². The van der Waals surface area contributed by atoms with Crippen LogP contribution in [0.15, 0.2) is 29.2 Å². The van der Waals surface area contributed by atoms with Crippen LogP contribution in [0.25, 0.3) is 0 Å². The zero-order valence-corrected chi connectivity index (χ0v) is 16.8. The maximum Gasteiger partial charge on any atom is 0.243 e. The highest BCUT2D eigenvalue weighted by Crippen LogP contribution is 2.24. The van der Waals surface area contributed by atoms with Gasteiger partial charge < -0.3 is 15.2 Å². The third-order valence-corrected chi connectivity index (χ3v) is 7.16. The first kappa shape index (κ1) is 21.4. The van der Waals surface area contributed by atoms with Crippen LogP contribution in [0.5, 0.6) is 0 Å². The van der Waals surface area contributed by atoms with Gasteiger partial charge in [-0.3, -0.25) is 4.79 Å². The highest BCUT2D eigenvalue weighted by molar-refractivity contribution is 7.89. The van der Waals surface area contributed by atoms with E-state index in [0.29, 0.717) is 19.3 Å². The Kier molecular flexibility index (Phi) is 7.00. The molecule has 8 heteroatoms. The molecule has 1 aliphatic heterocycles. The number of hydrogen-bond donors (Lipinski definition) is 1. The Balaban J connectivity index is 1.99. The van der Waals surface area contributed by atoms with Gasteiger partial charge in [-0.1, -0.05) is 38.0 Å². The Morgan fingerprint density at radius 1 is 1.22 bits per heavy atom. The molecule has 27 heavy (non-hydrogen) atoms. The van der Waals surface area contributed by atoms with Crippen LogP contribution < -0.4 is 10.4 Å². The van der Waals surface area contributed by atoms with E-state index in [1.807, 2.05) is 13.8 Å². The molecule has 0 saturated carbocycles. The van der Waals surface area contributed by atoms with Crippen LogP contribution in [0.2, 0.25) is 0 Å². The van der Waals surface area contributed by atoms with Crippen molar-refractivity contribution in [3.8, 4) is 0 Å². The van der Waals surface area contributed by atoms with Crippen molar-refractivity contribution in [3.63, 3.8) is 0 Å². The van der Waals surface area contributed by atoms with E-state index in [2.05, 4.69) is 5.32 Å². The van der Waals surface area contributed by atoms with Crippen molar-refractivity contribution in [2.75, 3.05) is 13.1 Å². The number of sulfonamides is 1. The van der Waals surface area contributed by atoms with Crippen molar-refractivity contribution >= 4 is 21.9 Å². The van der Waals surface area contributed by atoms with Crippen molar-refractivity contribution in [2.45, 2.75) is 51.0 Å². The molecule has 1 amide bonds. The Morgan fingerprint density at radius 2 is 1.78 bits per heavy atom. The smallest absolute Gasteiger partial charge is 0.243 e. The van der Waals surface area contributed by atoms with Crippen molar-refractivity contribution in [2.24, 2.45) is 11.8 Å². The number of piperidine rings is 1. The van der Waals surface area contributed by atoms with Gasteiger partial charge in [0.05, 0.1) is 16.9 Å². The third-order valence-electron chi connectivity index (χ3n) is 5.25. The van der Waals surface area contributed by atoms with E-state index in [0.717, 1.165) is 5.56 Å². The molecule has 0 aliphatic carbocycles. The number of carbonyl (C=O) groups excluding carboxylic acids is 2. The first-order valence-corrected chi connectivity index (χ1v) is 10.7. The van der Waals surface area contributed by atoms with Crippen LogP contribution >= 0.6 is 0 Å². The maximum atomic E-state index is 12.7. The zero-order valence-electron chi connectivity index (χ0n) is 16.0. The largest absolute Gasteiger partial charge is 0.548 e. The molecular formula is C19H27N2O5S-. The second-order valence-electron chi connectivity index (χ2n) is 7.18. The lowest BCUT2D eigenvalue weighted by atomic mass is 9.94.